The fraction of sp³-hybridized carbons (Fsp3) is 0.318. The van der Waals surface area contributed by atoms with Crippen molar-refractivity contribution < 1.29 is 28.5 Å². The average molecular weight is 460 g/mol. The number of rotatable bonds is 9. The summed E-state index contributed by atoms with van der Waals surface area (Å²) in [6.07, 6.45) is 1.62. The number of thiophene rings is 1. The van der Waals surface area contributed by atoms with Gasteiger partial charge in [0.25, 0.3) is 5.91 Å². The van der Waals surface area contributed by atoms with Gasteiger partial charge in [-0.1, -0.05) is 6.07 Å². The highest BCUT2D eigenvalue weighted by molar-refractivity contribution is 7.16. The molecule has 2 heterocycles. The van der Waals surface area contributed by atoms with E-state index in [1.165, 1.54) is 30.2 Å². The van der Waals surface area contributed by atoms with Gasteiger partial charge in [0, 0.05) is 11.1 Å². The van der Waals surface area contributed by atoms with Crippen LogP contribution in [0.15, 0.2) is 30.5 Å². The first-order chi connectivity index (χ1) is 15.4. The number of para-hydroxylation sites is 1. The van der Waals surface area contributed by atoms with Crippen LogP contribution in [0.4, 0.5) is 5.00 Å². The van der Waals surface area contributed by atoms with Crippen molar-refractivity contribution in [1.29, 1.82) is 0 Å². The van der Waals surface area contributed by atoms with Gasteiger partial charge in [-0.15, -0.1) is 11.3 Å². The van der Waals surface area contributed by atoms with E-state index in [1.54, 1.807) is 37.4 Å². The first kappa shape index (κ1) is 23.1. The predicted molar refractivity (Wildman–Crippen MR) is 120 cm³/mol. The van der Waals surface area contributed by atoms with Crippen molar-refractivity contribution in [1.82, 2.24) is 9.78 Å². The lowest BCUT2D eigenvalue weighted by Crippen LogP contribution is -2.16. The van der Waals surface area contributed by atoms with E-state index < -0.39 is 11.9 Å². The van der Waals surface area contributed by atoms with Crippen LogP contribution in [0.2, 0.25) is 0 Å². The molecule has 3 rings (SSSR count). The molecule has 32 heavy (non-hydrogen) atoms. The molecule has 0 bridgehead atoms. The molecule has 9 nitrogen and oxygen atoms in total. The molecule has 1 amide bonds. The highest BCUT2D eigenvalue weighted by Crippen LogP contribution is 2.37. The highest BCUT2D eigenvalue weighted by Gasteiger charge is 2.23. The van der Waals surface area contributed by atoms with Crippen molar-refractivity contribution in [3.05, 3.63) is 52.2 Å². The van der Waals surface area contributed by atoms with Crippen LogP contribution in [0.3, 0.4) is 0 Å². The zero-order valence-electron chi connectivity index (χ0n) is 18.6. The molecule has 0 saturated carbocycles. The maximum Gasteiger partial charge on any atom is 0.341 e. The minimum absolute atomic E-state index is 0.0370. The van der Waals surface area contributed by atoms with Gasteiger partial charge in [0.05, 0.1) is 26.4 Å². The Kier molecular flexibility index (Phi) is 7.37. The molecule has 0 aliphatic heterocycles. The normalized spacial score (nSPS) is 10.5. The molecule has 170 valence electrons. The zero-order chi connectivity index (χ0) is 23.3. The molecule has 0 saturated heterocycles. The molecule has 0 spiro atoms. The topological polar surface area (TPSA) is 101 Å². The number of esters is 1. The van der Waals surface area contributed by atoms with Gasteiger partial charge in [0.15, 0.2) is 23.9 Å². The van der Waals surface area contributed by atoms with E-state index in [-0.39, 0.29) is 19.0 Å². The van der Waals surface area contributed by atoms with E-state index in [9.17, 15) is 9.59 Å². The molecule has 0 atom stereocenters. The highest BCUT2D eigenvalue weighted by atomic mass is 32.1. The number of ether oxygens (including phenoxy) is 4. The summed E-state index contributed by atoms with van der Waals surface area (Å²) >= 11 is 1.32. The monoisotopic (exact) mass is 459 g/mol. The summed E-state index contributed by atoms with van der Waals surface area (Å²) in [5.41, 5.74) is 1.33. The summed E-state index contributed by atoms with van der Waals surface area (Å²) in [6, 6.07) is 6.87. The van der Waals surface area contributed by atoms with Crippen molar-refractivity contribution in [3.8, 4) is 17.2 Å². The standard InChI is InChI=1S/C22H25N3O6S/c1-6-30-22(27)18-13(2)14(3)32-21(18)23-20(26)15-10-11-25(24-15)12-31-19-16(28-4)8-7-9-17(19)29-5/h7-11H,6,12H2,1-5H3,(H,23,26). The number of nitrogens with one attached hydrogen (secondary N) is 1. The molecular formula is C22H25N3O6S. The Hall–Kier alpha value is -3.53. The van der Waals surface area contributed by atoms with Crippen molar-refractivity contribution in [2.45, 2.75) is 27.5 Å². The number of hydrogen-bond acceptors (Lipinski definition) is 8. The second-order valence-electron chi connectivity index (χ2n) is 6.67. The lowest BCUT2D eigenvalue weighted by molar-refractivity contribution is 0.0527. The summed E-state index contributed by atoms with van der Waals surface area (Å²) in [4.78, 5) is 26.0. The van der Waals surface area contributed by atoms with Crippen LogP contribution in [0, 0.1) is 13.8 Å². The lowest BCUT2D eigenvalue weighted by atomic mass is 10.1. The second kappa shape index (κ2) is 10.2. The number of aryl methyl sites for hydroxylation is 1. The fourth-order valence-electron chi connectivity index (χ4n) is 2.98. The van der Waals surface area contributed by atoms with Gasteiger partial charge in [-0.05, 0) is 44.5 Å². The fourth-order valence-corrected chi connectivity index (χ4v) is 4.02. The quantitative estimate of drug-likeness (QED) is 0.482. The summed E-state index contributed by atoms with van der Waals surface area (Å²) in [5, 5.41) is 7.47. The maximum atomic E-state index is 12.7. The number of aromatic nitrogens is 2. The second-order valence-corrected chi connectivity index (χ2v) is 7.89. The van der Waals surface area contributed by atoms with Gasteiger partial charge in [-0.3, -0.25) is 4.79 Å². The number of benzene rings is 1. The minimum Gasteiger partial charge on any atom is -0.493 e. The van der Waals surface area contributed by atoms with E-state index in [0.29, 0.717) is 27.8 Å². The van der Waals surface area contributed by atoms with Gasteiger partial charge in [0.1, 0.15) is 5.00 Å². The van der Waals surface area contributed by atoms with E-state index in [4.69, 9.17) is 18.9 Å². The van der Waals surface area contributed by atoms with E-state index >= 15 is 0 Å². The Labute approximate surface area is 189 Å². The third-order valence-corrected chi connectivity index (χ3v) is 5.81. The van der Waals surface area contributed by atoms with E-state index in [0.717, 1.165) is 10.4 Å². The number of carbonyl (C=O) groups is 2. The van der Waals surface area contributed by atoms with Crippen LogP contribution < -0.4 is 19.5 Å². The molecule has 2 aromatic heterocycles. The number of amides is 1. The molecule has 0 radical (unpaired) electrons. The molecular weight excluding hydrogens is 434 g/mol. The Bertz CT molecular complexity index is 1100. The Balaban J connectivity index is 1.73. The number of nitrogens with zero attached hydrogens (tertiary/aromatic N) is 2. The van der Waals surface area contributed by atoms with Crippen LogP contribution in [-0.2, 0) is 11.5 Å². The number of hydrogen-bond donors (Lipinski definition) is 1. The molecule has 0 aliphatic rings. The SMILES string of the molecule is CCOC(=O)c1c(NC(=O)c2ccn(COc3c(OC)cccc3OC)n2)sc(C)c1C. The summed E-state index contributed by atoms with van der Waals surface area (Å²) in [6.45, 7) is 5.74. The summed E-state index contributed by atoms with van der Waals surface area (Å²) in [5.74, 6) is 0.566. The lowest BCUT2D eigenvalue weighted by Gasteiger charge is -2.13. The van der Waals surface area contributed by atoms with Gasteiger partial charge in [-0.2, -0.15) is 5.10 Å². The smallest absolute Gasteiger partial charge is 0.341 e. The third-order valence-electron chi connectivity index (χ3n) is 4.69. The summed E-state index contributed by atoms with van der Waals surface area (Å²) in [7, 11) is 3.08. The van der Waals surface area contributed by atoms with Gasteiger partial charge < -0.3 is 24.3 Å². The molecule has 0 fully saturated rings. The molecule has 1 N–H and O–H groups in total. The first-order valence-corrected chi connectivity index (χ1v) is 10.7. The third kappa shape index (κ3) is 4.86. The minimum atomic E-state index is -0.464. The van der Waals surface area contributed by atoms with Crippen LogP contribution in [-0.4, -0.2) is 42.5 Å². The first-order valence-electron chi connectivity index (χ1n) is 9.85. The Morgan fingerprint density at radius 3 is 2.44 bits per heavy atom. The Morgan fingerprint density at radius 2 is 1.81 bits per heavy atom. The van der Waals surface area contributed by atoms with Crippen molar-refractivity contribution in [2.24, 2.45) is 0 Å². The molecule has 1 aromatic carbocycles. The van der Waals surface area contributed by atoms with Crippen molar-refractivity contribution in [2.75, 3.05) is 26.1 Å². The van der Waals surface area contributed by atoms with Gasteiger partial charge in [0.2, 0.25) is 5.75 Å². The summed E-state index contributed by atoms with van der Waals surface area (Å²) < 4.78 is 23.0. The number of carbonyl (C=O) groups excluding carboxylic acids is 2. The van der Waals surface area contributed by atoms with Gasteiger partial charge in [-0.25, -0.2) is 9.48 Å². The van der Waals surface area contributed by atoms with Gasteiger partial charge >= 0.3 is 5.97 Å². The van der Waals surface area contributed by atoms with Crippen LogP contribution in [0.1, 0.15) is 38.2 Å². The van der Waals surface area contributed by atoms with Crippen LogP contribution in [0.25, 0.3) is 0 Å². The molecule has 3 aromatic rings. The number of anilines is 1. The average Bonchev–Trinajstić information content (AvgIpc) is 3.36. The van der Waals surface area contributed by atoms with Crippen molar-refractivity contribution in [3.63, 3.8) is 0 Å². The van der Waals surface area contributed by atoms with Crippen molar-refractivity contribution >= 4 is 28.2 Å². The van der Waals surface area contributed by atoms with Crippen LogP contribution in [0.5, 0.6) is 17.2 Å². The Morgan fingerprint density at radius 1 is 1.12 bits per heavy atom. The molecule has 10 heteroatoms. The predicted octanol–water partition coefficient (Wildman–Crippen LogP) is 4.04. The van der Waals surface area contributed by atoms with E-state index in [2.05, 4.69) is 10.4 Å². The molecule has 0 unspecified atom stereocenters. The zero-order valence-corrected chi connectivity index (χ0v) is 19.4. The van der Waals surface area contributed by atoms with Crippen LogP contribution >= 0.6 is 11.3 Å². The number of methoxy groups -OCH3 is 2. The maximum absolute atomic E-state index is 12.7. The molecule has 0 aliphatic carbocycles. The largest absolute Gasteiger partial charge is 0.493 e. The van der Waals surface area contributed by atoms with E-state index in [1.807, 2.05) is 13.8 Å².